The van der Waals surface area contributed by atoms with Crippen LogP contribution in [0.1, 0.15) is 42.5 Å². The summed E-state index contributed by atoms with van der Waals surface area (Å²) >= 11 is 0. The molecule has 3 heterocycles. The van der Waals surface area contributed by atoms with Gasteiger partial charge in [-0.2, -0.15) is 0 Å². The van der Waals surface area contributed by atoms with Crippen LogP contribution in [0, 0.1) is 5.92 Å². The number of carbonyl (C=O) groups is 2. The van der Waals surface area contributed by atoms with Gasteiger partial charge in [0.1, 0.15) is 11.3 Å². The van der Waals surface area contributed by atoms with E-state index in [9.17, 15) is 19.5 Å². The molecule has 0 saturated carbocycles. The van der Waals surface area contributed by atoms with Gasteiger partial charge in [-0.25, -0.2) is 9.59 Å². The zero-order valence-corrected chi connectivity index (χ0v) is 18.8. The van der Waals surface area contributed by atoms with Crippen molar-refractivity contribution in [2.75, 3.05) is 19.7 Å². The maximum absolute atomic E-state index is 13.6. The number of hydrogen-bond acceptors (Lipinski definition) is 5. The molecule has 0 saturated heterocycles. The molecule has 9 heteroatoms. The lowest BCUT2D eigenvalue weighted by Crippen LogP contribution is -2.44. The monoisotopic (exact) mass is 442 g/mol. The minimum absolute atomic E-state index is 0.126. The van der Waals surface area contributed by atoms with Crippen LogP contribution in [-0.4, -0.2) is 61.3 Å². The van der Waals surface area contributed by atoms with E-state index in [1.165, 1.54) is 9.47 Å². The Morgan fingerprint density at radius 1 is 1.09 bits per heavy atom. The normalized spacial score (nSPS) is 18.8. The summed E-state index contributed by atoms with van der Waals surface area (Å²) in [6.07, 6.45) is -0.466. The highest BCUT2D eigenvalue weighted by Crippen LogP contribution is 2.24. The molecule has 9 nitrogen and oxygen atoms in total. The summed E-state index contributed by atoms with van der Waals surface area (Å²) in [4.78, 5) is 42.6. The predicted molar refractivity (Wildman–Crippen MR) is 117 cm³/mol. The maximum atomic E-state index is 13.6. The molecule has 1 N–H and O–H groups in total. The Kier molecular flexibility index (Phi) is 5.85. The highest BCUT2D eigenvalue weighted by molar-refractivity contribution is 5.94. The zero-order valence-electron chi connectivity index (χ0n) is 18.8. The van der Waals surface area contributed by atoms with Crippen LogP contribution in [0.5, 0.6) is 0 Å². The summed E-state index contributed by atoms with van der Waals surface area (Å²) in [5.41, 5.74) is 0.885. The van der Waals surface area contributed by atoms with Gasteiger partial charge in [0.05, 0.1) is 12.2 Å². The van der Waals surface area contributed by atoms with E-state index in [0.29, 0.717) is 37.6 Å². The van der Waals surface area contributed by atoms with E-state index in [1.807, 2.05) is 30.3 Å². The van der Waals surface area contributed by atoms with Gasteiger partial charge in [0, 0.05) is 45.2 Å². The largest absolute Gasteiger partial charge is 0.444 e. The highest BCUT2D eigenvalue weighted by Gasteiger charge is 2.37. The third kappa shape index (κ3) is 4.29. The first kappa shape index (κ1) is 22.1. The summed E-state index contributed by atoms with van der Waals surface area (Å²) in [7, 11) is 0. The molecule has 1 aromatic heterocycles. The Morgan fingerprint density at radius 3 is 2.47 bits per heavy atom. The van der Waals surface area contributed by atoms with Crippen LogP contribution in [0.3, 0.4) is 0 Å². The number of ether oxygens (including phenoxy) is 1. The molecular formula is C23H30N4O5. The summed E-state index contributed by atoms with van der Waals surface area (Å²) < 4.78 is 8.55. The van der Waals surface area contributed by atoms with Gasteiger partial charge in [0.15, 0.2) is 0 Å². The molecule has 1 atom stereocenters. The van der Waals surface area contributed by atoms with Crippen molar-refractivity contribution in [3.8, 4) is 0 Å². The number of amides is 2. The molecule has 0 bridgehead atoms. The molecule has 1 aromatic carbocycles. The third-order valence-electron chi connectivity index (χ3n) is 5.80. The Balaban J connectivity index is 1.70. The van der Waals surface area contributed by atoms with Crippen LogP contribution >= 0.6 is 0 Å². The fourth-order valence-electron chi connectivity index (χ4n) is 4.32. The molecule has 0 fully saturated rings. The smallest absolute Gasteiger partial charge is 0.410 e. The molecule has 2 amide bonds. The van der Waals surface area contributed by atoms with Crippen molar-refractivity contribution in [2.45, 2.75) is 52.6 Å². The molecule has 1 unspecified atom stereocenters. The zero-order chi connectivity index (χ0) is 23.0. The average molecular weight is 443 g/mol. The van der Waals surface area contributed by atoms with Crippen LogP contribution in [0.4, 0.5) is 4.79 Å². The molecule has 4 rings (SSSR count). The maximum Gasteiger partial charge on any atom is 0.410 e. The molecule has 0 spiro atoms. The van der Waals surface area contributed by atoms with E-state index in [1.54, 1.807) is 30.2 Å². The fourth-order valence-corrected chi connectivity index (χ4v) is 4.32. The number of fused-ring (bicyclic) bond motifs is 3. The van der Waals surface area contributed by atoms with Gasteiger partial charge in [-0.3, -0.25) is 13.9 Å². The quantitative estimate of drug-likeness (QED) is 0.780. The predicted octanol–water partition coefficient (Wildman–Crippen LogP) is 1.66. The van der Waals surface area contributed by atoms with Gasteiger partial charge >= 0.3 is 11.8 Å². The number of benzene rings is 1. The van der Waals surface area contributed by atoms with Crippen LogP contribution in [0.15, 0.2) is 35.1 Å². The minimum atomic E-state index is -0.636. The Labute approximate surface area is 186 Å². The summed E-state index contributed by atoms with van der Waals surface area (Å²) in [6.45, 7) is 7.01. The first-order chi connectivity index (χ1) is 15.2. The second kappa shape index (κ2) is 8.46. The molecular weight excluding hydrogens is 412 g/mol. The summed E-state index contributed by atoms with van der Waals surface area (Å²) in [5, 5.41) is 9.90. The van der Waals surface area contributed by atoms with Gasteiger partial charge in [-0.05, 0) is 26.3 Å². The van der Waals surface area contributed by atoms with Gasteiger partial charge in [-0.15, -0.1) is 0 Å². The Hall–Kier alpha value is -3.07. The Morgan fingerprint density at radius 2 is 1.81 bits per heavy atom. The fraction of sp³-hybridized carbons (Fsp3) is 0.522. The van der Waals surface area contributed by atoms with E-state index >= 15 is 0 Å². The number of imidazole rings is 1. The molecule has 0 radical (unpaired) electrons. The van der Waals surface area contributed by atoms with E-state index in [4.69, 9.17) is 4.74 Å². The van der Waals surface area contributed by atoms with E-state index < -0.39 is 11.7 Å². The number of hydrogen-bond donors (Lipinski definition) is 1. The number of aliphatic hydroxyl groups excluding tert-OH is 1. The molecule has 172 valence electrons. The van der Waals surface area contributed by atoms with E-state index in [0.717, 1.165) is 5.56 Å². The summed E-state index contributed by atoms with van der Waals surface area (Å²) in [5.74, 6) is -0.519. The number of aliphatic hydroxyl groups is 1. The van der Waals surface area contributed by atoms with Crippen molar-refractivity contribution in [1.29, 1.82) is 0 Å². The van der Waals surface area contributed by atoms with Crippen LogP contribution in [0.2, 0.25) is 0 Å². The number of carbonyl (C=O) groups excluding carboxylic acids is 2. The van der Waals surface area contributed by atoms with Crippen molar-refractivity contribution in [3.05, 3.63) is 57.8 Å². The molecule has 2 aromatic rings. The first-order valence-corrected chi connectivity index (χ1v) is 10.9. The van der Waals surface area contributed by atoms with Crippen molar-refractivity contribution < 1.29 is 19.4 Å². The third-order valence-corrected chi connectivity index (χ3v) is 5.80. The standard InChI is InChI=1S/C23H30N4O5/c1-23(2,3)32-22(31)24-9-10-26-18(14-24)19-20(29)25(11-16-7-5-4-6-8-16)12-17(15-28)13-27(19)21(26)30/h4-8,17,28H,9-15H2,1-3H3. The molecule has 0 aliphatic carbocycles. The molecule has 2 aliphatic heterocycles. The lowest BCUT2D eigenvalue weighted by molar-refractivity contribution is 0.0195. The van der Waals surface area contributed by atoms with Crippen LogP contribution in [0.25, 0.3) is 0 Å². The second-order valence-corrected chi connectivity index (χ2v) is 9.46. The lowest BCUT2D eigenvalue weighted by Gasteiger charge is -2.31. The van der Waals surface area contributed by atoms with Crippen molar-refractivity contribution in [2.24, 2.45) is 5.92 Å². The SMILES string of the molecule is CC(C)(C)OC(=O)N1CCn2c(c3n(c2=O)CC(CO)CN(Cc2ccccc2)C3=O)C1. The number of aromatic nitrogens is 2. The summed E-state index contributed by atoms with van der Waals surface area (Å²) in [6, 6.07) is 9.63. The van der Waals surface area contributed by atoms with Gasteiger partial charge in [0.25, 0.3) is 5.91 Å². The number of nitrogens with zero attached hydrogens (tertiary/aromatic N) is 4. The van der Waals surface area contributed by atoms with E-state index in [-0.39, 0.29) is 37.2 Å². The minimum Gasteiger partial charge on any atom is -0.444 e. The lowest BCUT2D eigenvalue weighted by atomic mass is 10.1. The molecule has 32 heavy (non-hydrogen) atoms. The van der Waals surface area contributed by atoms with Gasteiger partial charge in [0.2, 0.25) is 0 Å². The molecule has 2 aliphatic rings. The topological polar surface area (TPSA) is 97.0 Å². The van der Waals surface area contributed by atoms with Crippen LogP contribution in [-0.2, 0) is 30.9 Å². The highest BCUT2D eigenvalue weighted by atomic mass is 16.6. The van der Waals surface area contributed by atoms with E-state index in [2.05, 4.69) is 0 Å². The average Bonchev–Trinajstić information content (AvgIpc) is 2.93. The van der Waals surface area contributed by atoms with Crippen molar-refractivity contribution >= 4 is 12.0 Å². The van der Waals surface area contributed by atoms with Crippen molar-refractivity contribution in [1.82, 2.24) is 18.9 Å². The van der Waals surface area contributed by atoms with Gasteiger partial charge in [-0.1, -0.05) is 30.3 Å². The Bertz CT molecular complexity index is 1070. The number of rotatable bonds is 3. The first-order valence-electron chi connectivity index (χ1n) is 10.9. The second-order valence-electron chi connectivity index (χ2n) is 9.46. The van der Waals surface area contributed by atoms with Crippen LogP contribution < -0.4 is 5.69 Å². The van der Waals surface area contributed by atoms with Gasteiger partial charge < -0.3 is 19.6 Å². The van der Waals surface area contributed by atoms with Crippen molar-refractivity contribution in [3.63, 3.8) is 0 Å².